The van der Waals surface area contributed by atoms with Crippen molar-refractivity contribution < 1.29 is 13.2 Å². The maximum atomic E-state index is 12.0. The first kappa shape index (κ1) is 16.9. The predicted octanol–water partition coefficient (Wildman–Crippen LogP) is 1.46. The van der Waals surface area contributed by atoms with Crippen molar-refractivity contribution in [2.45, 2.75) is 37.7 Å². The Bertz CT molecular complexity index is 486. The molecular weight excluding hydrogens is 278 g/mol. The normalized spacial score (nSPS) is 11.8. The molecule has 4 N–H and O–H groups in total. The van der Waals surface area contributed by atoms with Crippen LogP contribution in [0.25, 0.3) is 0 Å². The lowest BCUT2D eigenvalue weighted by Gasteiger charge is -2.09. The van der Waals surface area contributed by atoms with Crippen LogP contribution in [-0.2, 0) is 14.8 Å². The Morgan fingerprint density at radius 2 is 1.85 bits per heavy atom. The highest BCUT2D eigenvalue weighted by atomic mass is 32.2. The number of hydrogen-bond donors (Lipinski definition) is 3. The van der Waals surface area contributed by atoms with Gasteiger partial charge in [-0.1, -0.05) is 0 Å². The molecular formula is C13H23N3O3S. The first-order chi connectivity index (χ1) is 9.45. The molecule has 0 heterocycles. The number of anilines is 1. The highest BCUT2D eigenvalue weighted by Gasteiger charge is 2.12. The van der Waals surface area contributed by atoms with E-state index in [1.807, 2.05) is 13.8 Å². The van der Waals surface area contributed by atoms with Gasteiger partial charge in [0.1, 0.15) is 0 Å². The van der Waals surface area contributed by atoms with Crippen LogP contribution in [0.1, 0.15) is 26.7 Å². The maximum absolute atomic E-state index is 12.0. The molecule has 20 heavy (non-hydrogen) atoms. The van der Waals surface area contributed by atoms with E-state index in [0.29, 0.717) is 18.8 Å². The fourth-order valence-corrected chi connectivity index (χ4v) is 2.64. The third-order valence-corrected chi connectivity index (χ3v) is 4.12. The average molecular weight is 301 g/mol. The fourth-order valence-electron chi connectivity index (χ4n) is 1.57. The Hall–Kier alpha value is -1.15. The van der Waals surface area contributed by atoms with Gasteiger partial charge in [0.15, 0.2) is 0 Å². The average Bonchev–Trinajstić information content (AvgIpc) is 2.42. The van der Waals surface area contributed by atoms with Gasteiger partial charge >= 0.3 is 0 Å². The number of nitrogen functional groups attached to an aromatic ring is 1. The Balaban J connectivity index is 2.37. The van der Waals surface area contributed by atoms with E-state index in [9.17, 15) is 8.42 Å². The molecule has 0 radical (unpaired) electrons. The van der Waals surface area contributed by atoms with E-state index in [-0.39, 0.29) is 11.0 Å². The van der Waals surface area contributed by atoms with Gasteiger partial charge in [0, 0.05) is 18.8 Å². The van der Waals surface area contributed by atoms with Crippen LogP contribution in [0.2, 0.25) is 0 Å². The number of hydrogen-bond acceptors (Lipinski definition) is 5. The molecule has 0 aliphatic rings. The number of nitrogens with one attached hydrogen (secondary N) is 2. The van der Waals surface area contributed by atoms with Gasteiger partial charge in [-0.3, -0.25) is 5.84 Å². The molecule has 1 aromatic carbocycles. The first-order valence-electron chi connectivity index (χ1n) is 6.63. The summed E-state index contributed by atoms with van der Waals surface area (Å²) < 4.78 is 31.9. The van der Waals surface area contributed by atoms with Gasteiger partial charge in [0.25, 0.3) is 0 Å². The van der Waals surface area contributed by atoms with Gasteiger partial charge < -0.3 is 10.2 Å². The van der Waals surface area contributed by atoms with Crippen LogP contribution in [0.5, 0.6) is 0 Å². The quantitative estimate of drug-likeness (QED) is 0.365. The molecule has 0 aliphatic heterocycles. The summed E-state index contributed by atoms with van der Waals surface area (Å²) in [6.07, 6.45) is 1.78. The lowest BCUT2D eigenvalue weighted by molar-refractivity contribution is 0.0762. The highest BCUT2D eigenvalue weighted by molar-refractivity contribution is 7.89. The molecule has 1 rings (SSSR count). The molecule has 114 valence electrons. The van der Waals surface area contributed by atoms with Gasteiger partial charge in [-0.25, -0.2) is 13.1 Å². The lowest BCUT2D eigenvalue weighted by atomic mass is 10.3. The fraction of sp³-hybridized carbons (Fsp3) is 0.538. The number of unbranched alkanes of at least 4 members (excludes halogenated alkanes) is 1. The molecule has 7 heteroatoms. The number of hydrazine groups is 1. The van der Waals surface area contributed by atoms with Crippen molar-refractivity contribution in [3.63, 3.8) is 0 Å². The van der Waals surface area contributed by atoms with E-state index >= 15 is 0 Å². The summed E-state index contributed by atoms with van der Waals surface area (Å²) >= 11 is 0. The number of nitrogens with two attached hydrogens (primary N) is 1. The van der Waals surface area contributed by atoms with Crippen LogP contribution >= 0.6 is 0 Å². The molecule has 0 saturated heterocycles. The van der Waals surface area contributed by atoms with Crippen molar-refractivity contribution in [3.8, 4) is 0 Å². The molecule has 0 atom stereocenters. The summed E-state index contributed by atoms with van der Waals surface area (Å²) in [4.78, 5) is 0.231. The van der Waals surface area contributed by atoms with Crippen molar-refractivity contribution in [1.82, 2.24) is 4.72 Å². The van der Waals surface area contributed by atoms with Crippen molar-refractivity contribution in [3.05, 3.63) is 24.3 Å². The topological polar surface area (TPSA) is 93.4 Å². The number of rotatable bonds is 9. The van der Waals surface area contributed by atoms with Gasteiger partial charge in [0.05, 0.1) is 11.0 Å². The van der Waals surface area contributed by atoms with Crippen LogP contribution in [0, 0.1) is 0 Å². The maximum Gasteiger partial charge on any atom is 0.240 e. The molecule has 0 amide bonds. The van der Waals surface area contributed by atoms with Crippen molar-refractivity contribution in [2.75, 3.05) is 18.6 Å². The summed E-state index contributed by atoms with van der Waals surface area (Å²) in [7, 11) is -3.45. The molecule has 0 aliphatic carbocycles. The largest absolute Gasteiger partial charge is 0.379 e. The predicted molar refractivity (Wildman–Crippen MR) is 79.8 cm³/mol. The SMILES string of the molecule is CC(C)OCCCCNS(=O)(=O)c1ccc(NN)cc1. The molecule has 0 aromatic heterocycles. The van der Waals surface area contributed by atoms with Gasteiger partial charge in [-0.15, -0.1) is 0 Å². The van der Waals surface area contributed by atoms with Gasteiger partial charge in [-0.2, -0.15) is 0 Å². The number of ether oxygens (including phenoxy) is 1. The summed E-state index contributed by atoms with van der Waals surface area (Å²) in [5.41, 5.74) is 3.11. The minimum absolute atomic E-state index is 0.210. The Labute approximate surface area is 120 Å². The lowest BCUT2D eigenvalue weighted by Crippen LogP contribution is -2.25. The van der Waals surface area contributed by atoms with Crippen LogP contribution in [-0.4, -0.2) is 27.7 Å². The Kier molecular flexibility index (Phi) is 6.94. The van der Waals surface area contributed by atoms with Crippen LogP contribution in [0.4, 0.5) is 5.69 Å². The summed E-state index contributed by atoms with van der Waals surface area (Å²) in [6.45, 7) is 5.00. The van der Waals surface area contributed by atoms with Crippen molar-refractivity contribution in [1.29, 1.82) is 0 Å². The van der Waals surface area contributed by atoms with E-state index in [0.717, 1.165) is 12.8 Å². The highest BCUT2D eigenvalue weighted by Crippen LogP contribution is 2.12. The van der Waals surface area contributed by atoms with Crippen molar-refractivity contribution >= 4 is 15.7 Å². The molecule has 0 unspecified atom stereocenters. The van der Waals surface area contributed by atoms with E-state index in [1.54, 1.807) is 12.1 Å². The summed E-state index contributed by atoms with van der Waals surface area (Å²) in [5.74, 6) is 5.23. The second kappa shape index (κ2) is 8.21. The minimum Gasteiger partial charge on any atom is -0.379 e. The molecule has 0 spiro atoms. The van der Waals surface area contributed by atoms with Crippen molar-refractivity contribution in [2.24, 2.45) is 5.84 Å². The van der Waals surface area contributed by atoms with E-state index in [4.69, 9.17) is 10.6 Å². The van der Waals surface area contributed by atoms with Crippen LogP contribution in [0.15, 0.2) is 29.2 Å². The zero-order chi connectivity index (χ0) is 15.0. The van der Waals surface area contributed by atoms with Crippen LogP contribution < -0.4 is 16.0 Å². The third-order valence-electron chi connectivity index (χ3n) is 2.65. The number of sulfonamides is 1. The van der Waals surface area contributed by atoms with E-state index < -0.39 is 10.0 Å². The monoisotopic (exact) mass is 301 g/mol. The summed E-state index contributed by atoms with van der Waals surface area (Å²) in [6, 6.07) is 6.26. The van der Waals surface area contributed by atoms with E-state index in [2.05, 4.69) is 10.1 Å². The molecule has 0 saturated carbocycles. The Morgan fingerprint density at radius 1 is 1.20 bits per heavy atom. The molecule has 0 bridgehead atoms. The molecule has 1 aromatic rings. The van der Waals surface area contributed by atoms with Gasteiger partial charge in [0.2, 0.25) is 10.0 Å². The number of benzene rings is 1. The zero-order valence-electron chi connectivity index (χ0n) is 11.9. The second-order valence-corrected chi connectivity index (χ2v) is 6.46. The minimum atomic E-state index is -3.45. The third kappa shape index (κ3) is 5.87. The first-order valence-corrected chi connectivity index (χ1v) is 8.12. The smallest absolute Gasteiger partial charge is 0.240 e. The molecule has 6 nitrogen and oxygen atoms in total. The second-order valence-electron chi connectivity index (χ2n) is 4.69. The summed E-state index contributed by atoms with van der Waals surface area (Å²) in [5, 5.41) is 0. The van der Waals surface area contributed by atoms with Crippen LogP contribution in [0.3, 0.4) is 0 Å². The standard InChI is InChI=1S/C13H23N3O3S/c1-11(2)19-10-4-3-9-15-20(17,18)13-7-5-12(16-14)6-8-13/h5-8,11,15-16H,3-4,9-10,14H2,1-2H3. The van der Waals surface area contributed by atoms with Gasteiger partial charge in [-0.05, 0) is 51.0 Å². The molecule has 0 fully saturated rings. The zero-order valence-corrected chi connectivity index (χ0v) is 12.7. The Morgan fingerprint density at radius 3 is 2.40 bits per heavy atom. The van der Waals surface area contributed by atoms with E-state index in [1.165, 1.54) is 12.1 Å².